The number of alkyl halides is 1. The van der Waals surface area contributed by atoms with E-state index in [9.17, 15) is 5.11 Å². The van der Waals surface area contributed by atoms with E-state index in [0.717, 1.165) is 11.8 Å². The molecule has 1 rings (SSSR count). The molecule has 84 valence electrons. The van der Waals surface area contributed by atoms with Gasteiger partial charge in [-0.25, -0.2) is 0 Å². The summed E-state index contributed by atoms with van der Waals surface area (Å²) in [5.74, 6) is 0.342. The lowest BCUT2D eigenvalue weighted by Gasteiger charge is -2.27. The standard InChI is InChI=1S/C13H19BrO/c1-3-8-13(2,10-14)9-11-4-6-12(15)7-5-11/h4-7,15H,3,8-10H2,1-2H3. The predicted molar refractivity (Wildman–Crippen MR) is 68.6 cm³/mol. The van der Waals surface area contributed by atoms with E-state index in [1.54, 1.807) is 12.1 Å². The molecule has 0 aliphatic heterocycles. The maximum Gasteiger partial charge on any atom is 0.115 e. The fourth-order valence-electron chi connectivity index (χ4n) is 1.91. The van der Waals surface area contributed by atoms with E-state index in [4.69, 9.17) is 0 Å². The molecule has 1 unspecified atom stereocenters. The van der Waals surface area contributed by atoms with Crippen molar-refractivity contribution in [3.8, 4) is 5.75 Å². The highest BCUT2D eigenvalue weighted by atomic mass is 79.9. The minimum absolute atomic E-state index is 0.325. The monoisotopic (exact) mass is 270 g/mol. The Morgan fingerprint density at radius 2 is 1.87 bits per heavy atom. The maximum atomic E-state index is 9.21. The number of phenolic OH excluding ortho intramolecular Hbond substituents is 1. The highest BCUT2D eigenvalue weighted by Crippen LogP contribution is 2.30. The van der Waals surface area contributed by atoms with Gasteiger partial charge in [-0.15, -0.1) is 0 Å². The summed E-state index contributed by atoms with van der Waals surface area (Å²) in [4.78, 5) is 0. The van der Waals surface area contributed by atoms with Crippen molar-refractivity contribution >= 4 is 15.9 Å². The lowest BCUT2D eigenvalue weighted by atomic mass is 9.82. The van der Waals surface area contributed by atoms with Gasteiger partial charge in [-0.2, -0.15) is 0 Å². The zero-order valence-electron chi connectivity index (χ0n) is 9.46. The van der Waals surface area contributed by atoms with E-state index in [1.807, 2.05) is 12.1 Å². The summed E-state index contributed by atoms with van der Waals surface area (Å²) in [6, 6.07) is 7.53. The van der Waals surface area contributed by atoms with Crippen LogP contribution in [0, 0.1) is 5.41 Å². The molecule has 15 heavy (non-hydrogen) atoms. The van der Waals surface area contributed by atoms with Crippen molar-refractivity contribution in [1.29, 1.82) is 0 Å². The molecule has 0 radical (unpaired) electrons. The van der Waals surface area contributed by atoms with Crippen molar-refractivity contribution in [1.82, 2.24) is 0 Å². The molecule has 0 amide bonds. The number of phenols is 1. The van der Waals surface area contributed by atoms with Crippen LogP contribution in [0.3, 0.4) is 0 Å². The largest absolute Gasteiger partial charge is 0.508 e. The van der Waals surface area contributed by atoms with Gasteiger partial charge in [0.05, 0.1) is 0 Å². The second-order valence-electron chi connectivity index (χ2n) is 4.54. The molecule has 1 nitrogen and oxygen atoms in total. The van der Waals surface area contributed by atoms with Crippen LogP contribution in [0.2, 0.25) is 0 Å². The summed E-state index contributed by atoms with van der Waals surface area (Å²) in [7, 11) is 0. The molecule has 1 N–H and O–H groups in total. The van der Waals surface area contributed by atoms with E-state index < -0.39 is 0 Å². The van der Waals surface area contributed by atoms with Crippen LogP contribution in [-0.2, 0) is 6.42 Å². The summed E-state index contributed by atoms with van der Waals surface area (Å²) < 4.78 is 0. The molecule has 0 saturated heterocycles. The Labute approximate surface area is 101 Å². The molecule has 0 aliphatic carbocycles. The first kappa shape index (κ1) is 12.6. The summed E-state index contributed by atoms with van der Waals surface area (Å²) in [6.07, 6.45) is 3.49. The summed E-state index contributed by atoms with van der Waals surface area (Å²) in [5, 5.41) is 10.2. The highest BCUT2D eigenvalue weighted by Gasteiger charge is 2.22. The van der Waals surface area contributed by atoms with E-state index in [0.29, 0.717) is 11.2 Å². The normalized spacial score (nSPS) is 14.9. The Morgan fingerprint density at radius 3 is 2.33 bits per heavy atom. The third-order valence-electron chi connectivity index (χ3n) is 2.74. The molecule has 0 aromatic heterocycles. The van der Waals surface area contributed by atoms with Crippen LogP contribution in [0.15, 0.2) is 24.3 Å². The molecule has 0 aliphatic rings. The number of aromatic hydroxyl groups is 1. The first-order chi connectivity index (χ1) is 7.09. The van der Waals surface area contributed by atoms with E-state index in [-0.39, 0.29) is 0 Å². The molecule has 0 bridgehead atoms. The number of hydrogen-bond donors (Lipinski definition) is 1. The van der Waals surface area contributed by atoms with Crippen molar-refractivity contribution in [3.05, 3.63) is 29.8 Å². The number of rotatable bonds is 5. The van der Waals surface area contributed by atoms with E-state index in [2.05, 4.69) is 29.8 Å². The fraction of sp³-hybridized carbons (Fsp3) is 0.538. The van der Waals surface area contributed by atoms with Gasteiger partial charge in [0.1, 0.15) is 5.75 Å². The van der Waals surface area contributed by atoms with Crippen molar-refractivity contribution in [2.24, 2.45) is 5.41 Å². The molecule has 0 fully saturated rings. The SMILES string of the molecule is CCCC(C)(CBr)Cc1ccc(O)cc1. The Morgan fingerprint density at radius 1 is 1.27 bits per heavy atom. The maximum absolute atomic E-state index is 9.21. The van der Waals surface area contributed by atoms with Gasteiger partial charge in [0.15, 0.2) is 0 Å². The van der Waals surface area contributed by atoms with Gasteiger partial charge >= 0.3 is 0 Å². The Balaban J connectivity index is 2.70. The highest BCUT2D eigenvalue weighted by molar-refractivity contribution is 9.09. The smallest absolute Gasteiger partial charge is 0.115 e. The Hall–Kier alpha value is -0.500. The molecule has 1 atom stereocenters. The lowest BCUT2D eigenvalue weighted by molar-refractivity contribution is 0.340. The van der Waals surface area contributed by atoms with Crippen LogP contribution < -0.4 is 0 Å². The molecule has 1 aromatic rings. The van der Waals surface area contributed by atoms with Gasteiger partial charge in [0, 0.05) is 5.33 Å². The minimum Gasteiger partial charge on any atom is -0.508 e. The second kappa shape index (κ2) is 5.55. The lowest BCUT2D eigenvalue weighted by Crippen LogP contribution is -2.21. The second-order valence-corrected chi connectivity index (χ2v) is 5.10. The Kier molecular flexibility index (Phi) is 4.65. The number of hydrogen-bond acceptors (Lipinski definition) is 1. The average molecular weight is 271 g/mol. The molecule has 0 saturated carbocycles. The van der Waals surface area contributed by atoms with Crippen LogP contribution in [0.4, 0.5) is 0 Å². The molecule has 0 heterocycles. The predicted octanol–water partition coefficient (Wildman–Crippen LogP) is 4.14. The Bertz CT molecular complexity index is 294. The first-order valence-electron chi connectivity index (χ1n) is 5.43. The molecule has 1 aromatic carbocycles. The number of halogens is 1. The third kappa shape index (κ3) is 3.86. The summed E-state index contributed by atoms with van der Waals surface area (Å²) in [6.45, 7) is 4.52. The van der Waals surface area contributed by atoms with Crippen LogP contribution in [0.1, 0.15) is 32.3 Å². The van der Waals surface area contributed by atoms with Crippen molar-refractivity contribution < 1.29 is 5.11 Å². The van der Waals surface area contributed by atoms with Crippen LogP contribution in [0.5, 0.6) is 5.75 Å². The van der Waals surface area contributed by atoms with Crippen molar-refractivity contribution in [2.45, 2.75) is 33.1 Å². The van der Waals surface area contributed by atoms with E-state index in [1.165, 1.54) is 18.4 Å². The summed E-state index contributed by atoms with van der Waals surface area (Å²) in [5.41, 5.74) is 1.62. The van der Waals surface area contributed by atoms with Crippen molar-refractivity contribution in [3.63, 3.8) is 0 Å². The van der Waals surface area contributed by atoms with Gasteiger partial charge in [-0.05, 0) is 36.0 Å². The van der Waals surface area contributed by atoms with Crippen LogP contribution >= 0.6 is 15.9 Å². The molecule has 0 spiro atoms. The van der Waals surface area contributed by atoms with Gasteiger partial charge < -0.3 is 5.11 Å². The summed E-state index contributed by atoms with van der Waals surface area (Å²) >= 11 is 3.60. The van der Waals surface area contributed by atoms with Gasteiger partial charge in [-0.3, -0.25) is 0 Å². The van der Waals surface area contributed by atoms with E-state index >= 15 is 0 Å². The van der Waals surface area contributed by atoms with Gasteiger partial charge in [0.25, 0.3) is 0 Å². The molecule has 2 heteroatoms. The van der Waals surface area contributed by atoms with Crippen LogP contribution in [-0.4, -0.2) is 10.4 Å². The first-order valence-corrected chi connectivity index (χ1v) is 6.56. The van der Waals surface area contributed by atoms with Crippen LogP contribution in [0.25, 0.3) is 0 Å². The quantitative estimate of drug-likeness (QED) is 0.798. The molecular formula is C13H19BrO. The fourth-order valence-corrected chi connectivity index (χ4v) is 2.39. The van der Waals surface area contributed by atoms with Gasteiger partial charge in [-0.1, -0.05) is 48.3 Å². The molecular weight excluding hydrogens is 252 g/mol. The zero-order chi connectivity index (χ0) is 11.3. The number of benzene rings is 1. The van der Waals surface area contributed by atoms with Crippen molar-refractivity contribution in [2.75, 3.05) is 5.33 Å². The topological polar surface area (TPSA) is 20.2 Å². The van der Waals surface area contributed by atoms with Gasteiger partial charge in [0.2, 0.25) is 0 Å². The third-order valence-corrected chi connectivity index (χ3v) is 4.10. The minimum atomic E-state index is 0.325. The average Bonchev–Trinajstić information content (AvgIpc) is 2.22. The zero-order valence-corrected chi connectivity index (χ0v) is 11.0.